The summed E-state index contributed by atoms with van der Waals surface area (Å²) in [6.07, 6.45) is 2.03. The average Bonchev–Trinajstić information content (AvgIpc) is 3.14. The second-order valence-electron chi connectivity index (χ2n) is 5.90. The number of nitrogens with zero attached hydrogens (tertiary/aromatic N) is 2. The standard InChI is InChI=1S/C18H24N2O4S/c1-2-19(12-9-17(22)23)18(24)14-7-3-4-8-15(14)25-13-16(21)20-10-5-6-11-20/h3-4,7-8H,2,5-6,9-13H2,1H3,(H,22,23). The molecule has 0 bridgehead atoms. The lowest BCUT2D eigenvalue weighted by Gasteiger charge is -2.21. The molecule has 7 heteroatoms. The zero-order valence-corrected chi connectivity index (χ0v) is 15.3. The smallest absolute Gasteiger partial charge is 0.305 e. The van der Waals surface area contributed by atoms with Gasteiger partial charge in [0.2, 0.25) is 5.91 Å². The number of thioether (sulfide) groups is 1. The molecule has 0 aromatic heterocycles. The molecule has 0 spiro atoms. The largest absolute Gasteiger partial charge is 0.481 e. The molecule has 1 aliphatic rings. The number of carbonyl (C=O) groups excluding carboxylic acids is 2. The first-order valence-corrected chi connectivity index (χ1v) is 9.52. The number of likely N-dealkylation sites (tertiary alicyclic amines) is 1. The molecule has 0 saturated carbocycles. The Balaban J connectivity index is 2.03. The van der Waals surface area contributed by atoms with Gasteiger partial charge in [-0.25, -0.2) is 0 Å². The van der Waals surface area contributed by atoms with Gasteiger partial charge in [0, 0.05) is 31.1 Å². The normalized spacial score (nSPS) is 13.7. The molecule has 1 saturated heterocycles. The van der Waals surface area contributed by atoms with E-state index in [9.17, 15) is 14.4 Å². The van der Waals surface area contributed by atoms with Crippen molar-refractivity contribution in [3.8, 4) is 0 Å². The summed E-state index contributed by atoms with van der Waals surface area (Å²) < 4.78 is 0. The van der Waals surface area contributed by atoms with Crippen LogP contribution in [-0.2, 0) is 9.59 Å². The molecule has 6 nitrogen and oxygen atoms in total. The Hall–Kier alpha value is -2.02. The molecule has 2 rings (SSSR count). The maximum atomic E-state index is 12.7. The Bertz CT molecular complexity index is 629. The summed E-state index contributed by atoms with van der Waals surface area (Å²) in [6.45, 7) is 4.08. The van der Waals surface area contributed by atoms with Crippen LogP contribution in [0, 0.1) is 0 Å². The highest BCUT2D eigenvalue weighted by Gasteiger charge is 2.21. The van der Waals surface area contributed by atoms with E-state index in [0.717, 1.165) is 30.8 Å². The fraction of sp³-hybridized carbons (Fsp3) is 0.500. The summed E-state index contributed by atoms with van der Waals surface area (Å²) in [5, 5.41) is 8.83. The van der Waals surface area contributed by atoms with E-state index in [1.165, 1.54) is 16.7 Å². The van der Waals surface area contributed by atoms with Gasteiger partial charge < -0.3 is 14.9 Å². The molecule has 2 amide bonds. The van der Waals surface area contributed by atoms with Crippen molar-refractivity contribution in [2.24, 2.45) is 0 Å². The van der Waals surface area contributed by atoms with Gasteiger partial charge in [0.05, 0.1) is 17.7 Å². The number of hydrogen-bond donors (Lipinski definition) is 1. The molecule has 1 aliphatic heterocycles. The van der Waals surface area contributed by atoms with Crippen LogP contribution in [0.3, 0.4) is 0 Å². The first-order valence-electron chi connectivity index (χ1n) is 8.53. The summed E-state index contributed by atoms with van der Waals surface area (Å²) in [4.78, 5) is 39.9. The highest BCUT2D eigenvalue weighted by atomic mass is 32.2. The lowest BCUT2D eigenvalue weighted by atomic mass is 10.2. The minimum absolute atomic E-state index is 0.0810. The van der Waals surface area contributed by atoms with Gasteiger partial charge >= 0.3 is 5.97 Å². The van der Waals surface area contributed by atoms with E-state index in [2.05, 4.69) is 0 Å². The van der Waals surface area contributed by atoms with Crippen molar-refractivity contribution in [3.05, 3.63) is 29.8 Å². The van der Waals surface area contributed by atoms with Crippen molar-refractivity contribution in [1.29, 1.82) is 0 Å². The number of carboxylic acids is 1. The van der Waals surface area contributed by atoms with Crippen LogP contribution in [0.2, 0.25) is 0 Å². The predicted molar refractivity (Wildman–Crippen MR) is 96.8 cm³/mol. The summed E-state index contributed by atoms with van der Waals surface area (Å²) >= 11 is 1.37. The van der Waals surface area contributed by atoms with E-state index in [0.29, 0.717) is 17.9 Å². The molecular formula is C18H24N2O4S. The van der Waals surface area contributed by atoms with E-state index >= 15 is 0 Å². The quantitative estimate of drug-likeness (QED) is 0.717. The van der Waals surface area contributed by atoms with Gasteiger partial charge in [0.25, 0.3) is 5.91 Å². The third-order valence-corrected chi connectivity index (χ3v) is 5.25. The second-order valence-corrected chi connectivity index (χ2v) is 6.92. The second kappa shape index (κ2) is 9.46. The number of carbonyl (C=O) groups is 3. The van der Waals surface area contributed by atoms with E-state index in [1.807, 2.05) is 24.0 Å². The summed E-state index contributed by atoms with van der Waals surface area (Å²) in [7, 11) is 0. The van der Waals surface area contributed by atoms with Crippen molar-refractivity contribution >= 4 is 29.5 Å². The highest BCUT2D eigenvalue weighted by Crippen LogP contribution is 2.25. The minimum atomic E-state index is -0.926. The van der Waals surface area contributed by atoms with Gasteiger partial charge in [-0.2, -0.15) is 0 Å². The number of aliphatic carboxylic acids is 1. The van der Waals surface area contributed by atoms with Gasteiger partial charge in [0.15, 0.2) is 0 Å². The Morgan fingerprint density at radius 3 is 2.52 bits per heavy atom. The Labute approximate surface area is 152 Å². The molecule has 136 valence electrons. The van der Waals surface area contributed by atoms with Gasteiger partial charge in [-0.1, -0.05) is 12.1 Å². The summed E-state index contributed by atoms with van der Waals surface area (Å²) in [5.74, 6) is -0.709. The van der Waals surface area contributed by atoms with Crippen molar-refractivity contribution in [2.45, 2.75) is 31.1 Å². The van der Waals surface area contributed by atoms with Crippen LogP contribution in [0.15, 0.2) is 29.2 Å². The van der Waals surface area contributed by atoms with Gasteiger partial charge in [-0.05, 0) is 31.9 Å². The van der Waals surface area contributed by atoms with Crippen LogP contribution in [0.1, 0.15) is 36.5 Å². The molecule has 1 N–H and O–H groups in total. The minimum Gasteiger partial charge on any atom is -0.481 e. The van der Waals surface area contributed by atoms with Crippen LogP contribution in [-0.4, -0.2) is 64.6 Å². The Morgan fingerprint density at radius 2 is 1.88 bits per heavy atom. The van der Waals surface area contributed by atoms with Crippen LogP contribution in [0.25, 0.3) is 0 Å². The van der Waals surface area contributed by atoms with E-state index in [4.69, 9.17) is 5.11 Å². The van der Waals surface area contributed by atoms with E-state index < -0.39 is 5.97 Å². The number of amides is 2. The van der Waals surface area contributed by atoms with E-state index in [-0.39, 0.29) is 24.8 Å². The van der Waals surface area contributed by atoms with Gasteiger partial charge in [-0.15, -0.1) is 11.8 Å². The molecule has 0 radical (unpaired) electrons. The molecule has 0 unspecified atom stereocenters. The molecule has 25 heavy (non-hydrogen) atoms. The average molecular weight is 364 g/mol. The van der Waals surface area contributed by atoms with E-state index in [1.54, 1.807) is 12.1 Å². The number of rotatable bonds is 8. The third kappa shape index (κ3) is 5.49. The van der Waals surface area contributed by atoms with Crippen LogP contribution in [0.5, 0.6) is 0 Å². The van der Waals surface area contributed by atoms with Crippen molar-refractivity contribution in [3.63, 3.8) is 0 Å². The predicted octanol–water partition coefficient (Wildman–Crippen LogP) is 2.34. The molecule has 1 fully saturated rings. The Morgan fingerprint density at radius 1 is 1.20 bits per heavy atom. The lowest BCUT2D eigenvalue weighted by Crippen LogP contribution is -2.33. The molecule has 0 aliphatic carbocycles. The maximum absolute atomic E-state index is 12.7. The van der Waals surface area contributed by atoms with Crippen LogP contribution < -0.4 is 0 Å². The monoisotopic (exact) mass is 364 g/mol. The third-order valence-electron chi connectivity index (χ3n) is 4.19. The van der Waals surface area contributed by atoms with Crippen LogP contribution in [0.4, 0.5) is 0 Å². The fourth-order valence-corrected chi connectivity index (χ4v) is 3.72. The zero-order valence-electron chi connectivity index (χ0n) is 14.4. The zero-order chi connectivity index (χ0) is 18.2. The van der Waals surface area contributed by atoms with Crippen molar-refractivity contribution in [2.75, 3.05) is 31.9 Å². The number of benzene rings is 1. The highest BCUT2D eigenvalue weighted by molar-refractivity contribution is 8.00. The van der Waals surface area contributed by atoms with Gasteiger partial charge in [-0.3, -0.25) is 14.4 Å². The topological polar surface area (TPSA) is 77.9 Å². The first kappa shape index (κ1) is 19.3. The SMILES string of the molecule is CCN(CCC(=O)O)C(=O)c1ccccc1SCC(=O)N1CCCC1. The fourth-order valence-electron chi connectivity index (χ4n) is 2.77. The van der Waals surface area contributed by atoms with Crippen molar-refractivity contribution in [1.82, 2.24) is 9.80 Å². The molecule has 1 heterocycles. The summed E-state index contributed by atoms with van der Waals surface area (Å²) in [5.41, 5.74) is 0.522. The number of carboxylic acid groups (broad SMARTS) is 1. The van der Waals surface area contributed by atoms with Crippen LogP contribution >= 0.6 is 11.8 Å². The molecular weight excluding hydrogens is 340 g/mol. The lowest BCUT2D eigenvalue weighted by molar-refractivity contribution is -0.137. The van der Waals surface area contributed by atoms with Gasteiger partial charge in [0.1, 0.15) is 0 Å². The summed E-state index contributed by atoms with van der Waals surface area (Å²) in [6, 6.07) is 7.19. The van der Waals surface area contributed by atoms with Crippen molar-refractivity contribution < 1.29 is 19.5 Å². The molecule has 1 aromatic rings. The molecule has 1 aromatic carbocycles. The maximum Gasteiger partial charge on any atom is 0.305 e. The Kier molecular flexibility index (Phi) is 7.31. The number of hydrogen-bond acceptors (Lipinski definition) is 4. The molecule has 0 atom stereocenters. The first-order chi connectivity index (χ1) is 12.0.